The molecule has 6 unspecified atom stereocenters. The number of carbonyl (C=O) groups excluding carboxylic acids is 1. The van der Waals surface area contributed by atoms with E-state index in [1.807, 2.05) is 42.2 Å². The minimum atomic E-state index is -1.45. The van der Waals surface area contributed by atoms with Gasteiger partial charge in [-0.1, -0.05) is 55.3 Å². The molecular weight excluding hydrogens is 869 g/mol. The smallest absolute Gasteiger partial charge is 0.269 e. The molecule has 2 aliphatic carbocycles. The zero-order chi connectivity index (χ0) is 47.2. The van der Waals surface area contributed by atoms with Gasteiger partial charge >= 0.3 is 0 Å². The average Bonchev–Trinajstić information content (AvgIpc) is 3.35. The molecule has 1 aliphatic heterocycles. The maximum atomic E-state index is 15.0. The van der Waals surface area contributed by atoms with Crippen LogP contribution in [0.15, 0.2) is 131 Å². The number of benzene rings is 4. The van der Waals surface area contributed by atoms with Gasteiger partial charge in [0, 0.05) is 66.0 Å². The Morgan fingerprint density at radius 1 is 1.03 bits per heavy atom. The Balaban J connectivity index is 1.38. The van der Waals surface area contributed by atoms with Crippen LogP contribution in [-0.4, -0.2) is 82.2 Å². The molecule has 3 aliphatic rings. The highest BCUT2D eigenvalue weighted by atomic mass is 32.2. The quantitative estimate of drug-likeness (QED) is 0.0225. The van der Waals surface area contributed by atoms with Crippen LogP contribution in [0.2, 0.25) is 0 Å². The van der Waals surface area contributed by atoms with Crippen molar-refractivity contribution in [2.75, 3.05) is 38.7 Å². The van der Waals surface area contributed by atoms with Crippen LogP contribution in [0, 0.1) is 39.2 Å². The van der Waals surface area contributed by atoms with Gasteiger partial charge < -0.3 is 34.2 Å². The fraction of sp³-hybridized carbons (Fsp3) is 0.415. The Morgan fingerprint density at radius 3 is 2.46 bits per heavy atom. The SMILES string of the molecule is C=CCOC12Oc3ccc(OCCSc4ccccc4)cc3C3C(CCCCO)C(CCCCO)C=C(C(=NOCc4ccc([N+](=O)[O-])cc4)CC1N(CCC)C(=O)c1ccc(C#N)cc1)C32. The summed E-state index contributed by atoms with van der Waals surface area (Å²) < 4.78 is 21.0. The average molecular weight is 929 g/mol. The summed E-state index contributed by atoms with van der Waals surface area (Å²) in [7, 11) is 0. The molecule has 0 bridgehead atoms. The predicted octanol–water partition coefficient (Wildman–Crippen LogP) is 10.0. The first-order valence-electron chi connectivity index (χ1n) is 23.3. The lowest BCUT2D eigenvalue weighted by atomic mass is 9.55. The Morgan fingerprint density at radius 2 is 1.78 bits per heavy atom. The number of carbonyl (C=O) groups is 1. The Labute approximate surface area is 397 Å². The fourth-order valence-corrected chi connectivity index (χ4v) is 10.7. The summed E-state index contributed by atoms with van der Waals surface area (Å²) in [4.78, 5) is 35.1. The van der Waals surface area contributed by atoms with E-state index in [1.165, 1.54) is 12.1 Å². The molecule has 0 aromatic heterocycles. The molecule has 13 nitrogen and oxygen atoms in total. The van der Waals surface area contributed by atoms with Gasteiger partial charge in [-0.25, -0.2) is 0 Å². The van der Waals surface area contributed by atoms with Crippen molar-refractivity contribution in [3.05, 3.63) is 154 Å². The van der Waals surface area contributed by atoms with Crippen LogP contribution in [-0.2, 0) is 16.2 Å². The summed E-state index contributed by atoms with van der Waals surface area (Å²) in [5.74, 6) is -0.353. The molecule has 1 amide bonds. The number of oxime groups is 1. The molecule has 7 rings (SSSR count). The third-order valence-corrected chi connectivity index (χ3v) is 13.9. The van der Waals surface area contributed by atoms with Crippen LogP contribution in [0.3, 0.4) is 0 Å². The number of aliphatic hydroxyl groups excluding tert-OH is 2. The highest BCUT2D eigenvalue weighted by Crippen LogP contribution is 2.62. The molecule has 6 atom stereocenters. The Bertz CT molecular complexity index is 2410. The van der Waals surface area contributed by atoms with Crippen LogP contribution in [0.5, 0.6) is 11.5 Å². The second-order valence-corrected chi connectivity index (χ2v) is 18.3. The van der Waals surface area contributed by atoms with E-state index >= 15 is 4.79 Å². The molecule has 4 aromatic carbocycles. The second kappa shape index (κ2) is 23.7. The lowest BCUT2D eigenvalue weighted by molar-refractivity contribution is -0.384. The van der Waals surface area contributed by atoms with Crippen molar-refractivity contribution in [1.82, 2.24) is 4.90 Å². The maximum Gasteiger partial charge on any atom is 0.269 e. The first-order chi connectivity index (χ1) is 32.7. The maximum absolute atomic E-state index is 15.0. The van der Waals surface area contributed by atoms with Crippen molar-refractivity contribution >= 4 is 29.1 Å². The Hall–Kier alpha value is -5.98. The lowest BCUT2D eigenvalue weighted by Crippen LogP contribution is -2.70. The van der Waals surface area contributed by atoms with Gasteiger partial charge in [-0.15, -0.1) is 18.3 Å². The lowest BCUT2D eigenvalue weighted by Gasteiger charge is -2.60. The molecule has 67 heavy (non-hydrogen) atoms. The van der Waals surface area contributed by atoms with Crippen LogP contribution >= 0.6 is 11.8 Å². The number of fused-ring (bicyclic) bond motifs is 2. The normalized spacial score (nSPS) is 22.0. The van der Waals surface area contributed by atoms with Gasteiger partial charge in [0.25, 0.3) is 11.6 Å². The summed E-state index contributed by atoms with van der Waals surface area (Å²) >= 11 is 1.72. The zero-order valence-electron chi connectivity index (χ0n) is 38.0. The minimum absolute atomic E-state index is 0.0205. The molecule has 0 spiro atoms. The van der Waals surface area contributed by atoms with Gasteiger partial charge in [-0.05, 0) is 122 Å². The van der Waals surface area contributed by atoms with Gasteiger partial charge in [0.2, 0.25) is 5.79 Å². The second-order valence-electron chi connectivity index (χ2n) is 17.2. The van der Waals surface area contributed by atoms with Crippen molar-refractivity contribution in [3.63, 3.8) is 0 Å². The predicted molar refractivity (Wildman–Crippen MR) is 258 cm³/mol. The third-order valence-electron chi connectivity index (χ3n) is 12.9. The number of nitriles is 1. The van der Waals surface area contributed by atoms with E-state index in [4.69, 9.17) is 24.2 Å². The molecule has 14 heteroatoms. The zero-order valence-corrected chi connectivity index (χ0v) is 38.9. The molecule has 352 valence electrons. The van der Waals surface area contributed by atoms with E-state index in [-0.39, 0.29) is 62.2 Å². The monoisotopic (exact) mass is 928 g/mol. The topological polar surface area (TPSA) is 177 Å². The number of thioether (sulfide) groups is 1. The van der Waals surface area contributed by atoms with Gasteiger partial charge in [-0.2, -0.15) is 5.26 Å². The van der Waals surface area contributed by atoms with E-state index < -0.39 is 22.7 Å². The number of nitro benzene ring substituents is 1. The highest BCUT2D eigenvalue weighted by molar-refractivity contribution is 7.99. The number of amides is 1. The standard InChI is InChI=1S/C53H60N4O9S/c1-3-26-56(52(60)39-20-16-37(35-54)17-21-39)49-34-47(55-65-36-38-18-22-41(23-19-38)57(61)62)45-32-40(12-8-10-27-58)44(15-9-11-28-59)50-46-33-42(63-30-31-67-43-13-6-5-7-14-43)24-25-48(46)66-53(49,51(45)50)64-29-4-2/h4-7,13-14,16-25,32-33,40,44,49-51,58-59H,2-3,8-12,15,26-31,34,36H2,1H3. The van der Waals surface area contributed by atoms with E-state index in [2.05, 4.69) is 36.9 Å². The van der Waals surface area contributed by atoms with Crippen molar-refractivity contribution < 1.29 is 39.0 Å². The number of nitro groups is 1. The molecule has 0 radical (unpaired) electrons. The van der Waals surface area contributed by atoms with Crippen molar-refractivity contribution in [1.29, 1.82) is 5.26 Å². The number of aliphatic hydroxyl groups is 2. The minimum Gasteiger partial charge on any atom is -0.493 e. The number of hydrogen-bond acceptors (Lipinski definition) is 12. The van der Waals surface area contributed by atoms with Gasteiger partial charge in [-0.3, -0.25) is 14.9 Å². The van der Waals surface area contributed by atoms with E-state index in [1.54, 1.807) is 54.2 Å². The van der Waals surface area contributed by atoms with Gasteiger partial charge in [0.05, 0.1) is 41.4 Å². The summed E-state index contributed by atoms with van der Waals surface area (Å²) in [6, 6.07) is 30.4. The van der Waals surface area contributed by atoms with Crippen LogP contribution in [0.4, 0.5) is 5.69 Å². The first-order valence-corrected chi connectivity index (χ1v) is 24.3. The summed E-state index contributed by atoms with van der Waals surface area (Å²) in [6.07, 6.45) is 9.21. The molecule has 1 heterocycles. The summed E-state index contributed by atoms with van der Waals surface area (Å²) in [6.45, 7) is 7.18. The number of ether oxygens (including phenoxy) is 3. The number of non-ortho nitro benzene ring substituents is 1. The molecular formula is C53H60N4O9S. The van der Waals surface area contributed by atoms with Crippen LogP contribution in [0.25, 0.3) is 0 Å². The van der Waals surface area contributed by atoms with Crippen molar-refractivity contribution in [3.8, 4) is 17.6 Å². The third kappa shape index (κ3) is 11.4. The largest absolute Gasteiger partial charge is 0.493 e. The van der Waals surface area contributed by atoms with Gasteiger partial charge in [0.1, 0.15) is 24.1 Å². The number of unbranched alkanes of at least 4 members (excludes halogenated alkanes) is 2. The number of nitrogens with zero attached hydrogens (tertiary/aromatic N) is 4. The first kappa shape index (κ1) is 48.9. The fourth-order valence-electron chi connectivity index (χ4n) is 9.97. The summed E-state index contributed by atoms with van der Waals surface area (Å²) in [5, 5.41) is 45.9. The van der Waals surface area contributed by atoms with Crippen molar-refractivity contribution in [2.24, 2.45) is 22.9 Å². The van der Waals surface area contributed by atoms with E-state index in [9.17, 15) is 25.6 Å². The van der Waals surface area contributed by atoms with E-state index in [0.717, 1.165) is 47.5 Å². The summed E-state index contributed by atoms with van der Waals surface area (Å²) in [5.41, 5.74) is 3.99. The molecule has 1 saturated carbocycles. The number of rotatable bonds is 24. The molecule has 0 saturated heterocycles. The number of allylic oxidation sites excluding steroid dienone is 1. The Kier molecular flexibility index (Phi) is 17.3. The van der Waals surface area contributed by atoms with Crippen LogP contribution in [0.1, 0.15) is 91.3 Å². The number of hydrogen-bond donors (Lipinski definition) is 2. The van der Waals surface area contributed by atoms with Crippen LogP contribution < -0.4 is 9.47 Å². The van der Waals surface area contributed by atoms with Crippen molar-refractivity contribution in [2.45, 2.75) is 87.5 Å². The molecule has 1 fully saturated rings. The molecule has 2 N–H and O–H groups in total. The highest BCUT2D eigenvalue weighted by Gasteiger charge is 2.65. The van der Waals surface area contributed by atoms with Gasteiger partial charge in [0.15, 0.2) is 0 Å². The molecule has 4 aromatic rings. The van der Waals surface area contributed by atoms with E-state index in [0.29, 0.717) is 66.3 Å².